The van der Waals surface area contributed by atoms with Gasteiger partial charge in [-0.15, -0.1) is 11.3 Å². The summed E-state index contributed by atoms with van der Waals surface area (Å²) in [6, 6.07) is 10.2. The Balaban J connectivity index is 1.34. The molecule has 0 atom stereocenters. The highest BCUT2D eigenvalue weighted by Crippen LogP contribution is 2.28. The summed E-state index contributed by atoms with van der Waals surface area (Å²) in [6.45, 7) is 5.34. The van der Waals surface area contributed by atoms with Gasteiger partial charge in [0.1, 0.15) is 0 Å². The van der Waals surface area contributed by atoms with E-state index >= 15 is 0 Å². The second kappa shape index (κ2) is 9.93. The van der Waals surface area contributed by atoms with Gasteiger partial charge in [-0.05, 0) is 43.5 Å². The molecule has 0 bridgehead atoms. The van der Waals surface area contributed by atoms with E-state index in [4.69, 9.17) is 4.74 Å². The van der Waals surface area contributed by atoms with Crippen molar-refractivity contribution in [1.82, 2.24) is 14.9 Å². The normalized spacial score (nSPS) is 13.7. The Morgan fingerprint density at radius 3 is 2.84 bits per heavy atom. The van der Waals surface area contributed by atoms with E-state index in [0.29, 0.717) is 17.3 Å². The fraction of sp³-hybridized carbons (Fsp3) is 0.292. The summed E-state index contributed by atoms with van der Waals surface area (Å²) < 4.78 is 7.49. The molecular weight excluding hydrogens is 424 g/mol. The topological polar surface area (TPSA) is 85.3 Å². The standard InChI is InChI=1S/C24H26N4O3S/c1-16(2)28-9-8-19(13-28)23(30)25-12-22(29)27-24-26-21(15-32-24)18-6-3-5-17(11-18)20-7-4-10-31-14-20/h3,5-9,11,13,15-16H,4,10,12,14H2,1-2H3,(H,25,30)(H,26,27,29). The summed E-state index contributed by atoms with van der Waals surface area (Å²) in [5, 5.41) is 7.81. The first-order valence-corrected chi connectivity index (χ1v) is 11.5. The fourth-order valence-corrected chi connectivity index (χ4v) is 4.13. The predicted octanol–water partition coefficient (Wildman–Crippen LogP) is 4.36. The van der Waals surface area contributed by atoms with Crippen LogP contribution in [0.2, 0.25) is 0 Å². The van der Waals surface area contributed by atoms with Crippen molar-refractivity contribution >= 4 is 33.9 Å². The molecule has 0 fully saturated rings. The lowest BCUT2D eigenvalue weighted by Crippen LogP contribution is -2.32. The lowest BCUT2D eigenvalue weighted by Gasteiger charge is -2.14. The zero-order chi connectivity index (χ0) is 22.5. The van der Waals surface area contributed by atoms with Crippen LogP contribution in [0.4, 0.5) is 5.13 Å². The van der Waals surface area contributed by atoms with E-state index in [1.165, 1.54) is 16.9 Å². The Morgan fingerprint density at radius 2 is 2.09 bits per heavy atom. The van der Waals surface area contributed by atoms with Crippen LogP contribution in [0.25, 0.3) is 16.8 Å². The van der Waals surface area contributed by atoms with Crippen LogP contribution in [0.1, 0.15) is 42.2 Å². The summed E-state index contributed by atoms with van der Waals surface area (Å²) >= 11 is 1.35. The van der Waals surface area contributed by atoms with E-state index in [1.54, 1.807) is 12.3 Å². The zero-order valence-electron chi connectivity index (χ0n) is 18.1. The molecule has 3 heterocycles. The third-order valence-electron chi connectivity index (χ3n) is 5.17. The molecule has 2 aromatic heterocycles. The average molecular weight is 451 g/mol. The van der Waals surface area contributed by atoms with Gasteiger partial charge < -0.3 is 19.9 Å². The molecule has 3 aromatic rings. The maximum Gasteiger partial charge on any atom is 0.253 e. The highest BCUT2D eigenvalue weighted by Gasteiger charge is 2.13. The van der Waals surface area contributed by atoms with Crippen LogP contribution in [-0.2, 0) is 9.53 Å². The van der Waals surface area contributed by atoms with Crippen LogP contribution in [0.15, 0.2) is 54.2 Å². The molecule has 0 saturated heterocycles. The molecule has 0 saturated carbocycles. The Morgan fingerprint density at radius 1 is 1.25 bits per heavy atom. The second-order valence-electron chi connectivity index (χ2n) is 7.86. The van der Waals surface area contributed by atoms with Crippen molar-refractivity contribution in [3.8, 4) is 11.3 Å². The molecule has 166 valence electrons. The molecule has 2 amide bonds. The molecule has 2 N–H and O–H groups in total. The van der Waals surface area contributed by atoms with Gasteiger partial charge in [-0.1, -0.05) is 24.3 Å². The van der Waals surface area contributed by atoms with Crippen molar-refractivity contribution in [2.24, 2.45) is 0 Å². The smallest absolute Gasteiger partial charge is 0.253 e. The summed E-state index contributed by atoms with van der Waals surface area (Å²) in [7, 11) is 0. The van der Waals surface area contributed by atoms with Crippen molar-refractivity contribution in [3.63, 3.8) is 0 Å². The van der Waals surface area contributed by atoms with Crippen LogP contribution in [-0.4, -0.2) is 41.1 Å². The van der Waals surface area contributed by atoms with Crippen LogP contribution in [0.5, 0.6) is 0 Å². The van der Waals surface area contributed by atoms with E-state index in [0.717, 1.165) is 29.8 Å². The molecule has 1 aliphatic heterocycles. The quantitative estimate of drug-likeness (QED) is 0.560. The van der Waals surface area contributed by atoms with Gasteiger partial charge in [0.2, 0.25) is 5.91 Å². The van der Waals surface area contributed by atoms with Crippen LogP contribution in [0.3, 0.4) is 0 Å². The molecule has 0 radical (unpaired) electrons. The van der Waals surface area contributed by atoms with Gasteiger partial charge in [0.25, 0.3) is 5.91 Å². The Labute approximate surface area is 191 Å². The monoisotopic (exact) mass is 450 g/mol. The number of thiazole rings is 1. The van der Waals surface area contributed by atoms with Crippen molar-refractivity contribution in [3.05, 3.63) is 65.3 Å². The van der Waals surface area contributed by atoms with Gasteiger partial charge in [-0.3, -0.25) is 9.59 Å². The summed E-state index contributed by atoms with van der Waals surface area (Å²) in [6.07, 6.45) is 6.76. The first-order chi connectivity index (χ1) is 15.5. The van der Waals surface area contributed by atoms with Gasteiger partial charge in [0.15, 0.2) is 5.13 Å². The van der Waals surface area contributed by atoms with Gasteiger partial charge in [-0.2, -0.15) is 0 Å². The minimum absolute atomic E-state index is 0.121. The number of ether oxygens (including phenoxy) is 1. The number of amides is 2. The number of aromatic nitrogens is 2. The van der Waals surface area contributed by atoms with Gasteiger partial charge in [0, 0.05) is 29.4 Å². The number of carbonyl (C=O) groups excluding carboxylic acids is 2. The van der Waals surface area contributed by atoms with Crippen molar-refractivity contribution in [2.45, 2.75) is 26.3 Å². The first kappa shape index (κ1) is 22.0. The Bertz CT molecular complexity index is 1150. The third-order valence-corrected chi connectivity index (χ3v) is 5.93. The molecule has 0 spiro atoms. The molecule has 1 aliphatic rings. The van der Waals surface area contributed by atoms with Crippen molar-refractivity contribution in [2.75, 3.05) is 25.1 Å². The van der Waals surface area contributed by atoms with Crippen molar-refractivity contribution in [1.29, 1.82) is 0 Å². The largest absolute Gasteiger partial charge is 0.376 e. The van der Waals surface area contributed by atoms with E-state index < -0.39 is 0 Å². The average Bonchev–Trinajstić information content (AvgIpc) is 3.48. The molecule has 4 rings (SSSR count). The van der Waals surface area contributed by atoms with Gasteiger partial charge in [0.05, 0.1) is 31.0 Å². The van der Waals surface area contributed by atoms with Gasteiger partial charge >= 0.3 is 0 Å². The van der Waals surface area contributed by atoms with E-state index in [-0.39, 0.29) is 24.4 Å². The first-order valence-electron chi connectivity index (χ1n) is 10.6. The second-order valence-corrected chi connectivity index (χ2v) is 8.72. The molecule has 0 aliphatic carbocycles. The summed E-state index contributed by atoms with van der Waals surface area (Å²) in [5.41, 5.74) is 4.61. The highest BCUT2D eigenvalue weighted by molar-refractivity contribution is 7.14. The lowest BCUT2D eigenvalue weighted by molar-refractivity contribution is -0.115. The lowest BCUT2D eigenvalue weighted by atomic mass is 10.0. The zero-order valence-corrected chi connectivity index (χ0v) is 18.9. The number of hydrogen-bond acceptors (Lipinski definition) is 5. The number of hydrogen-bond donors (Lipinski definition) is 2. The minimum Gasteiger partial charge on any atom is -0.376 e. The highest BCUT2D eigenvalue weighted by atomic mass is 32.1. The fourth-order valence-electron chi connectivity index (χ4n) is 3.40. The van der Waals surface area contributed by atoms with Gasteiger partial charge in [-0.25, -0.2) is 4.98 Å². The molecule has 1 aromatic carbocycles. The van der Waals surface area contributed by atoms with E-state index in [9.17, 15) is 9.59 Å². The third kappa shape index (κ3) is 5.33. The van der Waals surface area contributed by atoms with Crippen LogP contribution in [0, 0.1) is 0 Å². The molecule has 7 nitrogen and oxygen atoms in total. The molecule has 8 heteroatoms. The summed E-state index contributed by atoms with van der Waals surface area (Å²) in [4.78, 5) is 29.1. The van der Waals surface area contributed by atoms with E-state index in [1.807, 2.05) is 42.1 Å². The molecular formula is C24H26N4O3S. The SMILES string of the molecule is CC(C)n1ccc(C(=O)NCC(=O)Nc2nc(-c3cccc(C4=CCCOC4)c3)cs2)c1. The Hall–Kier alpha value is -3.23. The van der Waals surface area contributed by atoms with Crippen molar-refractivity contribution < 1.29 is 14.3 Å². The predicted molar refractivity (Wildman–Crippen MR) is 127 cm³/mol. The number of carbonyl (C=O) groups is 2. The number of nitrogens with zero attached hydrogens (tertiary/aromatic N) is 2. The van der Waals surface area contributed by atoms with Crippen LogP contribution >= 0.6 is 11.3 Å². The minimum atomic E-state index is -0.319. The van der Waals surface area contributed by atoms with E-state index in [2.05, 4.69) is 33.8 Å². The molecule has 32 heavy (non-hydrogen) atoms. The summed E-state index contributed by atoms with van der Waals surface area (Å²) in [5.74, 6) is -0.599. The number of anilines is 1. The number of benzene rings is 1. The van der Waals surface area contributed by atoms with Crippen LogP contribution < -0.4 is 10.6 Å². The molecule has 0 unspecified atom stereocenters. The maximum atomic E-state index is 12.3. The number of rotatable bonds is 7. The number of nitrogens with one attached hydrogen (secondary N) is 2. The maximum absolute atomic E-state index is 12.3. The Kier molecular flexibility index (Phi) is 6.82.